The van der Waals surface area contributed by atoms with Crippen LogP contribution in [0.15, 0.2) is 73.6 Å². The van der Waals surface area contributed by atoms with E-state index in [1.807, 2.05) is 48.5 Å². The molecule has 0 fully saturated rings. The Labute approximate surface area is 129 Å². The molecule has 4 heteroatoms. The Hall–Kier alpha value is -3.01. The van der Waals surface area contributed by atoms with Crippen molar-refractivity contribution in [2.75, 3.05) is 11.9 Å². The molecule has 0 unspecified atom stereocenters. The van der Waals surface area contributed by atoms with Crippen molar-refractivity contribution in [1.82, 2.24) is 15.0 Å². The maximum atomic E-state index is 4.67. The Kier molecular flexibility index (Phi) is 4.20. The van der Waals surface area contributed by atoms with E-state index in [0.29, 0.717) is 12.4 Å². The van der Waals surface area contributed by atoms with Gasteiger partial charge in [-0.25, -0.2) is 9.97 Å². The zero-order valence-corrected chi connectivity index (χ0v) is 12.1. The SMILES string of the molecule is C=CCNc1cc(-c2cccnc2)nc(-c2ccccc2)n1. The number of hydrogen-bond donors (Lipinski definition) is 1. The van der Waals surface area contributed by atoms with Gasteiger partial charge >= 0.3 is 0 Å². The van der Waals surface area contributed by atoms with E-state index in [-0.39, 0.29) is 0 Å². The number of nitrogens with zero attached hydrogens (tertiary/aromatic N) is 3. The average Bonchev–Trinajstić information content (AvgIpc) is 2.61. The summed E-state index contributed by atoms with van der Waals surface area (Å²) in [6.45, 7) is 4.37. The lowest BCUT2D eigenvalue weighted by Gasteiger charge is -2.09. The van der Waals surface area contributed by atoms with Crippen molar-refractivity contribution in [2.24, 2.45) is 0 Å². The van der Waals surface area contributed by atoms with Gasteiger partial charge in [-0.3, -0.25) is 4.98 Å². The van der Waals surface area contributed by atoms with Crippen LogP contribution in [0.1, 0.15) is 0 Å². The number of pyridine rings is 1. The van der Waals surface area contributed by atoms with Crippen molar-refractivity contribution in [3.05, 3.63) is 73.6 Å². The predicted molar refractivity (Wildman–Crippen MR) is 89.4 cm³/mol. The second kappa shape index (κ2) is 6.63. The molecule has 0 aliphatic rings. The molecular weight excluding hydrogens is 272 g/mol. The van der Waals surface area contributed by atoms with Crippen LogP contribution in [0.2, 0.25) is 0 Å². The minimum atomic E-state index is 0.651. The molecule has 0 bridgehead atoms. The van der Waals surface area contributed by atoms with E-state index in [0.717, 1.165) is 22.6 Å². The molecule has 0 aliphatic heterocycles. The first kappa shape index (κ1) is 13.9. The van der Waals surface area contributed by atoms with Crippen molar-refractivity contribution in [2.45, 2.75) is 0 Å². The van der Waals surface area contributed by atoms with E-state index in [9.17, 15) is 0 Å². The summed E-state index contributed by atoms with van der Waals surface area (Å²) in [7, 11) is 0. The van der Waals surface area contributed by atoms with Gasteiger partial charge < -0.3 is 5.32 Å². The fraction of sp³-hybridized carbons (Fsp3) is 0.0556. The predicted octanol–water partition coefficient (Wildman–Crippen LogP) is 3.80. The number of aromatic nitrogens is 3. The minimum Gasteiger partial charge on any atom is -0.366 e. The van der Waals surface area contributed by atoms with Gasteiger partial charge in [-0.1, -0.05) is 36.4 Å². The Morgan fingerprint density at radius 2 is 1.82 bits per heavy atom. The van der Waals surface area contributed by atoms with Gasteiger partial charge in [0.25, 0.3) is 0 Å². The van der Waals surface area contributed by atoms with Crippen molar-refractivity contribution in [1.29, 1.82) is 0 Å². The summed E-state index contributed by atoms with van der Waals surface area (Å²) in [5, 5.41) is 3.23. The van der Waals surface area contributed by atoms with Crippen molar-refractivity contribution in [3.63, 3.8) is 0 Å². The van der Waals surface area contributed by atoms with E-state index in [1.54, 1.807) is 18.5 Å². The van der Waals surface area contributed by atoms with Crippen LogP contribution >= 0.6 is 0 Å². The molecule has 108 valence electrons. The molecule has 2 heterocycles. The zero-order valence-electron chi connectivity index (χ0n) is 12.1. The van der Waals surface area contributed by atoms with Crippen molar-refractivity contribution in [3.8, 4) is 22.6 Å². The van der Waals surface area contributed by atoms with Gasteiger partial charge in [-0.15, -0.1) is 6.58 Å². The molecule has 4 nitrogen and oxygen atoms in total. The van der Waals surface area contributed by atoms with Crippen molar-refractivity contribution >= 4 is 5.82 Å². The van der Waals surface area contributed by atoms with Crippen LogP contribution < -0.4 is 5.32 Å². The highest BCUT2D eigenvalue weighted by Gasteiger charge is 2.08. The average molecular weight is 288 g/mol. The molecule has 0 aliphatic carbocycles. The normalized spacial score (nSPS) is 10.2. The third-order valence-corrected chi connectivity index (χ3v) is 3.14. The van der Waals surface area contributed by atoms with Crippen LogP contribution in [0.5, 0.6) is 0 Å². The van der Waals surface area contributed by atoms with Gasteiger partial charge in [-0.05, 0) is 12.1 Å². The highest BCUT2D eigenvalue weighted by molar-refractivity contribution is 5.66. The molecule has 1 N–H and O–H groups in total. The summed E-state index contributed by atoms with van der Waals surface area (Å²) >= 11 is 0. The van der Waals surface area contributed by atoms with Gasteiger partial charge in [0.1, 0.15) is 5.82 Å². The quantitative estimate of drug-likeness (QED) is 0.725. The van der Waals surface area contributed by atoms with Gasteiger partial charge in [0.05, 0.1) is 5.69 Å². The van der Waals surface area contributed by atoms with Crippen LogP contribution in [0, 0.1) is 0 Å². The standard InChI is InChI=1S/C18H16N4/c1-2-10-20-17-12-16(15-9-6-11-19-13-15)21-18(22-17)14-7-4-3-5-8-14/h2-9,11-13H,1,10H2,(H,20,21,22). The highest BCUT2D eigenvalue weighted by atomic mass is 15.0. The first-order valence-electron chi connectivity index (χ1n) is 7.06. The summed E-state index contributed by atoms with van der Waals surface area (Å²) in [5.41, 5.74) is 2.78. The Morgan fingerprint density at radius 1 is 1.00 bits per heavy atom. The second-order valence-electron chi connectivity index (χ2n) is 4.74. The fourth-order valence-corrected chi connectivity index (χ4v) is 2.09. The molecule has 2 aromatic heterocycles. The lowest BCUT2D eigenvalue weighted by Crippen LogP contribution is -2.03. The molecule has 1 aromatic carbocycles. The Morgan fingerprint density at radius 3 is 2.55 bits per heavy atom. The topological polar surface area (TPSA) is 50.7 Å². The van der Waals surface area contributed by atoms with Crippen LogP contribution in [0.3, 0.4) is 0 Å². The molecule has 22 heavy (non-hydrogen) atoms. The summed E-state index contributed by atoms with van der Waals surface area (Å²) < 4.78 is 0. The van der Waals surface area contributed by atoms with Crippen molar-refractivity contribution < 1.29 is 0 Å². The van der Waals surface area contributed by atoms with Crippen LogP contribution in [0.25, 0.3) is 22.6 Å². The number of anilines is 1. The summed E-state index contributed by atoms with van der Waals surface area (Å²) in [6, 6.07) is 15.7. The molecule has 0 radical (unpaired) electrons. The third-order valence-electron chi connectivity index (χ3n) is 3.14. The summed E-state index contributed by atoms with van der Waals surface area (Å²) in [6.07, 6.45) is 5.35. The van der Waals surface area contributed by atoms with E-state index in [4.69, 9.17) is 0 Å². The molecule has 0 amide bonds. The van der Waals surface area contributed by atoms with E-state index < -0.39 is 0 Å². The third kappa shape index (κ3) is 3.17. The van der Waals surface area contributed by atoms with E-state index in [2.05, 4.69) is 26.8 Å². The van der Waals surface area contributed by atoms with Crippen LogP contribution in [0.4, 0.5) is 5.82 Å². The zero-order chi connectivity index (χ0) is 15.2. The molecule has 0 saturated carbocycles. The summed E-state index contributed by atoms with van der Waals surface area (Å²) in [4.78, 5) is 13.4. The lowest BCUT2D eigenvalue weighted by atomic mass is 10.1. The van der Waals surface area contributed by atoms with Gasteiger partial charge in [-0.2, -0.15) is 0 Å². The fourth-order valence-electron chi connectivity index (χ4n) is 2.09. The smallest absolute Gasteiger partial charge is 0.162 e. The number of nitrogens with one attached hydrogen (secondary N) is 1. The molecule has 3 aromatic rings. The van der Waals surface area contributed by atoms with E-state index in [1.165, 1.54) is 0 Å². The van der Waals surface area contributed by atoms with E-state index >= 15 is 0 Å². The lowest BCUT2D eigenvalue weighted by molar-refractivity contribution is 1.15. The molecule has 0 atom stereocenters. The van der Waals surface area contributed by atoms with Crippen LogP contribution in [-0.2, 0) is 0 Å². The Balaban J connectivity index is 2.08. The monoisotopic (exact) mass is 288 g/mol. The molecule has 0 saturated heterocycles. The number of rotatable bonds is 5. The first-order chi connectivity index (χ1) is 10.9. The van der Waals surface area contributed by atoms with Gasteiger partial charge in [0.15, 0.2) is 5.82 Å². The van der Waals surface area contributed by atoms with Gasteiger partial charge in [0.2, 0.25) is 0 Å². The summed E-state index contributed by atoms with van der Waals surface area (Å²) in [5.74, 6) is 1.46. The maximum Gasteiger partial charge on any atom is 0.162 e. The second-order valence-corrected chi connectivity index (χ2v) is 4.74. The van der Waals surface area contributed by atoms with Gasteiger partial charge in [0, 0.05) is 36.1 Å². The molecular formula is C18H16N4. The highest BCUT2D eigenvalue weighted by Crippen LogP contribution is 2.23. The molecule has 0 spiro atoms. The first-order valence-corrected chi connectivity index (χ1v) is 7.06. The maximum absolute atomic E-state index is 4.67. The Bertz CT molecular complexity index is 697. The largest absolute Gasteiger partial charge is 0.366 e. The number of benzene rings is 1. The van der Waals surface area contributed by atoms with Crippen LogP contribution in [-0.4, -0.2) is 21.5 Å². The minimum absolute atomic E-state index is 0.651. The molecule has 3 rings (SSSR count). The number of hydrogen-bond acceptors (Lipinski definition) is 4.